The molecule has 2 heterocycles. The van der Waals surface area contributed by atoms with Gasteiger partial charge in [0, 0.05) is 28.1 Å². The van der Waals surface area contributed by atoms with Crippen molar-refractivity contribution in [3.63, 3.8) is 0 Å². The topological polar surface area (TPSA) is 88.5 Å². The summed E-state index contributed by atoms with van der Waals surface area (Å²) in [5.74, 6) is 0.100. The minimum Gasteiger partial charge on any atom is -0.389 e. The maximum atomic E-state index is 13.2. The normalized spacial score (nSPS) is 12.3. The van der Waals surface area contributed by atoms with Gasteiger partial charge >= 0.3 is 0 Å². The van der Waals surface area contributed by atoms with E-state index in [1.807, 2.05) is 37.3 Å². The largest absolute Gasteiger partial charge is 0.389 e. The second-order valence-corrected chi connectivity index (χ2v) is 8.78. The van der Waals surface area contributed by atoms with Crippen molar-refractivity contribution >= 4 is 49.8 Å². The number of anilines is 1. The number of hydrogen-bond acceptors (Lipinski definition) is 6. The number of carbonyl (C=O) groups excluding carboxylic acids is 2. The van der Waals surface area contributed by atoms with E-state index in [0.29, 0.717) is 28.4 Å². The van der Waals surface area contributed by atoms with Crippen molar-refractivity contribution < 1.29 is 19.4 Å². The molecule has 0 aliphatic carbocycles. The third kappa shape index (κ3) is 3.90. The van der Waals surface area contributed by atoms with Gasteiger partial charge in [-0.3, -0.25) is 9.59 Å². The predicted molar refractivity (Wildman–Crippen MR) is 128 cm³/mol. The number of benzene rings is 2. The van der Waals surface area contributed by atoms with Crippen molar-refractivity contribution in [2.45, 2.75) is 33.5 Å². The van der Waals surface area contributed by atoms with Crippen LogP contribution in [-0.2, 0) is 11.3 Å². The highest BCUT2D eigenvalue weighted by Gasteiger charge is 2.21. The van der Waals surface area contributed by atoms with E-state index in [1.54, 1.807) is 26.2 Å². The van der Waals surface area contributed by atoms with Gasteiger partial charge in [-0.15, -0.1) is 11.3 Å². The fraction of sp³-hybridized carbons (Fsp3) is 0.240. The summed E-state index contributed by atoms with van der Waals surface area (Å²) in [6, 6.07) is 12.8. The number of nitrogens with zero attached hydrogens (tertiary/aromatic N) is 1. The molecule has 2 N–H and O–H groups in total. The first-order valence-corrected chi connectivity index (χ1v) is 11.1. The first-order valence-electron chi connectivity index (χ1n) is 10.3. The number of carbonyl (C=O) groups is 2. The van der Waals surface area contributed by atoms with E-state index in [0.717, 1.165) is 32.2 Å². The van der Waals surface area contributed by atoms with Crippen molar-refractivity contribution in [3.8, 4) is 0 Å². The van der Waals surface area contributed by atoms with E-state index >= 15 is 0 Å². The smallest absolute Gasteiger partial charge is 0.267 e. The van der Waals surface area contributed by atoms with Crippen LogP contribution in [0.4, 0.5) is 5.82 Å². The van der Waals surface area contributed by atoms with Crippen LogP contribution >= 0.6 is 11.3 Å². The molecule has 164 valence electrons. The van der Waals surface area contributed by atoms with Crippen molar-refractivity contribution in [2.75, 3.05) is 12.4 Å². The predicted octanol–water partition coefficient (Wildman–Crippen LogP) is 5.41. The number of pyridine rings is 1. The monoisotopic (exact) mass is 448 g/mol. The number of amides is 1. The standard InChI is InChI=1S/C25H24N2O4S/c1-13-22-16(12-31-4)8-9-18(15(3)29)24(22)32-23(13)25(30)27-21-11-10-19-17(14(2)28)6-5-7-20(19)26-21/h5-11,14,28H,12H2,1-4H3,(H,26,27,30). The van der Waals surface area contributed by atoms with Crippen molar-refractivity contribution in [2.24, 2.45) is 0 Å². The number of fused-ring (bicyclic) bond motifs is 2. The van der Waals surface area contributed by atoms with Crippen LogP contribution in [0.5, 0.6) is 0 Å². The molecule has 2 aromatic heterocycles. The number of rotatable bonds is 6. The fourth-order valence-electron chi connectivity index (χ4n) is 3.99. The van der Waals surface area contributed by atoms with E-state index in [9.17, 15) is 14.7 Å². The Morgan fingerprint density at radius 3 is 2.66 bits per heavy atom. The Morgan fingerprint density at radius 2 is 1.97 bits per heavy atom. The maximum absolute atomic E-state index is 13.2. The Labute approximate surface area is 189 Å². The quantitative estimate of drug-likeness (QED) is 0.385. The molecule has 1 amide bonds. The highest BCUT2D eigenvalue weighted by Crippen LogP contribution is 2.37. The van der Waals surface area contributed by atoms with Gasteiger partial charge in [0.1, 0.15) is 5.82 Å². The molecule has 4 rings (SSSR count). The van der Waals surface area contributed by atoms with Crippen LogP contribution in [0.1, 0.15) is 56.7 Å². The number of aryl methyl sites for hydroxylation is 1. The van der Waals surface area contributed by atoms with Gasteiger partial charge < -0.3 is 15.2 Å². The highest BCUT2D eigenvalue weighted by atomic mass is 32.1. The van der Waals surface area contributed by atoms with Crippen LogP contribution < -0.4 is 5.32 Å². The second-order valence-electron chi connectivity index (χ2n) is 7.76. The lowest BCUT2D eigenvalue weighted by molar-refractivity contribution is 0.101. The summed E-state index contributed by atoms with van der Waals surface area (Å²) in [5.41, 5.74) is 3.83. The molecule has 1 atom stereocenters. The molecule has 2 aromatic carbocycles. The van der Waals surface area contributed by atoms with Crippen molar-refractivity contribution in [1.29, 1.82) is 0 Å². The lowest BCUT2D eigenvalue weighted by Gasteiger charge is -2.10. The van der Waals surface area contributed by atoms with Gasteiger partial charge in [-0.2, -0.15) is 0 Å². The molecular weight excluding hydrogens is 424 g/mol. The number of aromatic nitrogens is 1. The molecule has 0 aliphatic rings. The van der Waals surface area contributed by atoms with Gasteiger partial charge in [0.05, 0.1) is 23.1 Å². The van der Waals surface area contributed by atoms with E-state index in [4.69, 9.17) is 4.74 Å². The number of nitrogens with one attached hydrogen (secondary N) is 1. The Balaban J connectivity index is 1.74. The van der Waals surface area contributed by atoms with Gasteiger partial charge in [0.25, 0.3) is 5.91 Å². The molecule has 0 aliphatic heterocycles. The number of aliphatic hydroxyl groups is 1. The molecule has 0 bridgehead atoms. The maximum Gasteiger partial charge on any atom is 0.267 e. The van der Waals surface area contributed by atoms with Crippen LogP contribution in [-0.4, -0.2) is 28.9 Å². The van der Waals surface area contributed by atoms with Crippen LogP contribution in [0.15, 0.2) is 42.5 Å². The van der Waals surface area contributed by atoms with Gasteiger partial charge in [-0.25, -0.2) is 4.98 Å². The SMILES string of the molecule is COCc1ccc(C(C)=O)c2sc(C(=O)Nc3ccc4c(C(C)O)cccc4n3)c(C)c12. The Hall–Kier alpha value is -3.13. The molecule has 0 saturated carbocycles. The fourth-order valence-corrected chi connectivity index (χ4v) is 5.30. The van der Waals surface area contributed by atoms with Crippen LogP contribution in [0.25, 0.3) is 21.0 Å². The van der Waals surface area contributed by atoms with E-state index in [1.165, 1.54) is 18.3 Å². The second kappa shape index (κ2) is 8.78. The molecule has 1 unspecified atom stereocenters. The van der Waals surface area contributed by atoms with Gasteiger partial charge in [0.15, 0.2) is 5.78 Å². The summed E-state index contributed by atoms with van der Waals surface area (Å²) in [6.07, 6.45) is -0.612. The average molecular weight is 449 g/mol. The first kappa shape index (κ1) is 22.1. The van der Waals surface area contributed by atoms with E-state index in [2.05, 4.69) is 10.3 Å². The van der Waals surface area contributed by atoms with Crippen molar-refractivity contribution in [3.05, 3.63) is 69.6 Å². The Kier molecular flexibility index (Phi) is 6.06. The van der Waals surface area contributed by atoms with Crippen LogP contribution in [0, 0.1) is 6.92 Å². The minimum atomic E-state index is -0.612. The Morgan fingerprint density at radius 1 is 1.19 bits per heavy atom. The molecule has 32 heavy (non-hydrogen) atoms. The Bertz CT molecular complexity index is 1360. The zero-order chi connectivity index (χ0) is 23.0. The summed E-state index contributed by atoms with van der Waals surface area (Å²) in [6.45, 7) is 5.52. The first-order chi connectivity index (χ1) is 15.3. The molecule has 6 nitrogen and oxygen atoms in total. The van der Waals surface area contributed by atoms with Gasteiger partial charge in [-0.1, -0.05) is 18.2 Å². The summed E-state index contributed by atoms with van der Waals surface area (Å²) in [4.78, 5) is 30.4. The number of aliphatic hydroxyl groups excluding tert-OH is 1. The molecule has 0 fully saturated rings. The summed E-state index contributed by atoms with van der Waals surface area (Å²) >= 11 is 1.31. The molecule has 0 spiro atoms. The van der Waals surface area contributed by atoms with Gasteiger partial charge in [-0.05, 0) is 61.7 Å². The lowest BCUT2D eigenvalue weighted by atomic mass is 10.0. The van der Waals surface area contributed by atoms with E-state index < -0.39 is 6.10 Å². The third-order valence-electron chi connectivity index (χ3n) is 5.51. The number of thiophene rings is 1. The zero-order valence-electron chi connectivity index (χ0n) is 18.4. The number of methoxy groups -OCH3 is 1. The van der Waals surface area contributed by atoms with E-state index in [-0.39, 0.29) is 11.7 Å². The zero-order valence-corrected chi connectivity index (χ0v) is 19.2. The molecule has 0 saturated heterocycles. The van der Waals surface area contributed by atoms with Crippen LogP contribution in [0.2, 0.25) is 0 Å². The number of ether oxygens (including phenoxy) is 1. The average Bonchev–Trinajstić information content (AvgIpc) is 3.11. The number of hydrogen-bond donors (Lipinski definition) is 2. The highest BCUT2D eigenvalue weighted by molar-refractivity contribution is 7.21. The summed E-state index contributed by atoms with van der Waals surface area (Å²) in [7, 11) is 1.62. The van der Waals surface area contributed by atoms with Gasteiger partial charge in [0.2, 0.25) is 0 Å². The molecule has 0 radical (unpaired) electrons. The molecule has 4 aromatic rings. The number of Topliss-reactive ketones (excluding diaryl/α,β-unsaturated/α-hetero) is 1. The number of ketones is 1. The minimum absolute atomic E-state index is 0.0442. The van der Waals surface area contributed by atoms with Crippen LogP contribution in [0.3, 0.4) is 0 Å². The molecule has 7 heteroatoms. The van der Waals surface area contributed by atoms with Crippen molar-refractivity contribution in [1.82, 2.24) is 4.98 Å². The third-order valence-corrected chi connectivity index (χ3v) is 6.83. The summed E-state index contributed by atoms with van der Waals surface area (Å²) in [5, 5.41) is 14.6. The molecular formula is C25H24N2O4S. The summed E-state index contributed by atoms with van der Waals surface area (Å²) < 4.78 is 6.11. The lowest BCUT2D eigenvalue weighted by Crippen LogP contribution is -2.12.